The van der Waals surface area contributed by atoms with Crippen LogP contribution in [-0.4, -0.2) is 28.4 Å². The van der Waals surface area contributed by atoms with E-state index in [1.54, 1.807) is 45.2 Å². The smallest absolute Gasteiger partial charge is 0.262 e. The second kappa shape index (κ2) is 6.37. The van der Waals surface area contributed by atoms with E-state index in [0.29, 0.717) is 39.3 Å². The molecule has 2 heterocycles. The number of ether oxygens (including phenoxy) is 1. The number of carbonyl (C=O) groups is 1. The number of nitrogens with one attached hydrogen (secondary N) is 2. The van der Waals surface area contributed by atoms with Gasteiger partial charge in [0.15, 0.2) is 5.82 Å². The molecule has 124 valence electrons. The van der Waals surface area contributed by atoms with Crippen LogP contribution in [0.2, 0.25) is 5.02 Å². The maximum Gasteiger partial charge on any atom is 0.262 e. The highest BCUT2D eigenvalue weighted by Crippen LogP contribution is 2.32. The van der Waals surface area contributed by atoms with Gasteiger partial charge < -0.3 is 14.6 Å². The summed E-state index contributed by atoms with van der Waals surface area (Å²) in [5.74, 6) is 1.14. The van der Waals surface area contributed by atoms with Gasteiger partial charge in [0.1, 0.15) is 17.1 Å². The van der Waals surface area contributed by atoms with Crippen molar-refractivity contribution in [1.29, 1.82) is 0 Å². The van der Waals surface area contributed by atoms with Gasteiger partial charge in [-0.25, -0.2) is 0 Å². The molecule has 0 saturated carbocycles. The molecule has 0 radical (unpaired) electrons. The Morgan fingerprint density at radius 3 is 2.79 bits per heavy atom. The topological polar surface area (TPSA) is 93.0 Å². The summed E-state index contributed by atoms with van der Waals surface area (Å²) in [5, 5.41) is 14.0. The lowest BCUT2D eigenvalue weighted by atomic mass is 10.1. The number of aryl methyl sites for hydroxylation is 2. The van der Waals surface area contributed by atoms with Gasteiger partial charge in [-0.1, -0.05) is 16.8 Å². The maximum atomic E-state index is 12.3. The molecule has 3 aromatic rings. The van der Waals surface area contributed by atoms with Crippen LogP contribution in [0.1, 0.15) is 21.8 Å². The second-order valence-corrected chi connectivity index (χ2v) is 5.60. The molecule has 8 heteroatoms. The number of benzene rings is 1. The summed E-state index contributed by atoms with van der Waals surface area (Å²) in [6, 6.07) is 6.96. The average molecular weight is 347 g/mol. The van der Waals surface area contributed by atoms with Gasteiger partial charge in [0, 0.05) is 16.7 Å². The number of H-pyrrole nitrogens is 1. The number of carbonyl (C=O) groups excluding carboxylic acids is 1. The first-order chi connectivity index (χ1) is 11.5. The quantitative estimate of drug-likeness (QED) is 0.753. The number of halogens is 1. The number of amides is 1. The Labute approximate surface area is 142 Å². The van der Waals surface area contributed by atoms with Crippen LogP contribution < -0.4 is 10.1 Å². The molecule has 1 amide bonds. The average Bonchev–Trinajstić information content (AvgIpc) is 3.14. The number of anilines is 1. The lowest BCUT2D eigenvalue weighted by Gasteiger charge is -2.06. The first-order valence-electron chi connectivity index (χ1n) is 7.13. The highest BCUT2D eigenvalue weighted by molar-refractivity contribution is 6.31. The van der Waals surface area contributed by atoms with E-state index >= 15 is 0 Å². The second-order valence-electron chi connectivity index (χ2n) is 5.16. The molecular weight excluding hydrogens is 332 g/mol. The Bertz CT molecular complexity index is 881. The summed E-state index contributed by atoms with van der Waals surface area (Å²) < 4.78 is 10.3. The lowest BCUT2D eigenvalue weighted by molar-refractivity contribution is 0.102. The Kier molecular flexibility index (Phi) is 4.26. The first-order valence-corrected chi connectivity index (χ1v) is 7.51. The number of nitrogens with zero attached hydrogens (tertiary/aromatic N) is 2. The molecule has 0 unspecified atom stereocenters. The van der Waals surface area contributed by atoms with E-state index in [1.165, 1.54) is 0 Å². The minimum Gasteiger partial charge on any atom is -0.496 e. The monoisotopic (exact) mass is 346 g/mol. The minimum atomic E-state index is -0.331. The van der Waals surface area contributed by atoms with Gasteiger partial charge in [-0.15, -0.1) is 0 Å². The SMILES string of the molecule is COc1ccc(Cl)cc1-c1cc(NC(=O)c2c(C)noc2C)n[nH]1. The summed E-state index contributed by atoms with van der Waals surface area (Å²) in [5.41, 5.74) is 2.34. The molecule has 1 aromatic carbocycles. The largest absolute Gasteiger partial charge is 0.496 e. The van der Waals surface area contributed by atoms with E-state index in [-0.39, 0.29) is 5.91 Å². The zero-order valence-electron chi connectivity index (χ0n) is 13.3. The molecule has 3 rings (SSSR count). The first kappa shape index (κ1) is 16.1. The number of rotatable bonds is 4. The van der Waals surface area contributed by atoms with Gasteiger partial charge in [-0.3, -0.25) is 9.89 Å². The van der Waals surface area contributed by atoms with Crippen molar-refractivity contribution in [2.45, 2.75) is 13.8 Å². The summed E-state index contributed by atoms with van der Waals surface area (Å²) in [4.78, 5) is 12.3. The maximum absolute atomic E-state index is 12.3. The van der Waals surface area contributed by atoms with Gasteiger partial charge in [0.25, 0.3) is 5.91 Å². The predicted octanol–water partition coefficient (Wildman–Crippen LogP) is 3.60. The molecule has 0 aliphatic heterocycles. The molecule has 24 heavy (non-hydrogen) atoms. The molecule has 2 N–H and O–H groups in total. The Morgan fingerprint density at radius 1 is 1.33 bits per heavy atom. The van der Waals surface area contributed by atoms with Crippen LogP contribution in [0.4, 0.5) is 5.82 Å². The fraction of sp³-hybridized carbons (Fsp3) is 0.188. The van der Waals surface area contributed by atoms with Crippen molar-refractivity contribution in [3.63, 3.8) is 0 Å². The molecule has 0 fully saturated rings. The summed E-state index contributed by atoms with van der Waals surface area (Å²) in [6.07, 6.45) is 0. The van der Waals surface area contributed by atoms with Crippen molar-refractivity contribution in [3.8, 4) is 17.0 Å². The van der Waals surface area contributed by atoms with E-state index < -0.39 is 0 Å². The van der Waals surface area contributed by atoms with Gasteiger partial charge >= 0.3 is 0 Å². The fourth-order valence-corrected chi connectivity index (χ4v) is 2.57. The zero-order valence-corrected chi connectivity index (χ0v) is 14.1. The Hall–Kier alpha value is -2.80. The lowest BCUT2D eigenvalue weighted by Crippen LogP contribution is -2.13. The summed E-state index contributed by atoms with van der Waals surface area (Å²) >= 11 is 6.04. The van der Waals surface area contributed by atoms with Crippen LogP contribution in [0.5, 0.6) is 5.75 Å². The number of methoxy groups -OCH3 is 1. The summed E-state index contributed by atoms with van der Waals surface area (Å²) in [6.45, 7) is 3.39. The van der Waals surface area contributed by atoms with Crippen molar-refractivity contribution in [3.05, 3.63) is 46.3 Å². The van der Waals surface area contributed by atoms with Crippen LogP contribution in [0.25, 0.3) is 11.3 Å². The summed E-state index contributed by atoms with van der Waals surface area (Å²) in [7, 11) is 1.57. The number of aromatic amines is 1. The number of hydrogen-bond acceptors (Lipinski definition) is 5. The molecule has 0 saturated heterocycles. The third kappa shape index (κ3) is 2.98. The van der Waals surface area contributed by atoms with Crippen molar-refractivity contribution in [1.82, 2.24) is 15.4 Å². The van der Waals surface area contributed by atoms with Crippen molar-refractivity contribution in [2.75, 3.05) is 12.4 Å². The van der Waals surface area contributed by atoms with Gasteiger partial charge in [-0.05, 0) is 32.0 Å². The number of aromatic nitrogens is 3. The van der Waals surface area contributed by atoms with Crippen LogP contribution in [0.3, 0.4) is 0 Å². The molecule has 0 spiro atoms. The Balaban J connectivity index is 1.87. The van der Waals surface area contributed by atoms with Gasteiger partial charge in [0.05, 0.1) is 18.5 Å². The molecule has 7 nitrogen and oxygen atoms in total. The highest BCUT2D eigenvalue weighted by Gasteiger charge is 2.19. The predicted molar refractivity (Wildman–Crippen MR) is 89.5 cm³/mol. The van der Waals surface area contributed by atoms with Crippen LogP contribution in [0, 0.1) is 13.8 Å². The van der Waals surface area contributed by atoms with E-state index in [4.69, 9.17) is 20.9 Å². The molecule has 0 bridgehead atoms. The van der Waals surface area contributed by atoms with Gasteiger partial charge in [0.2, 0.25) is 0 Å². The molecular formula is C16H15ClN4O3. The van der Waals surface area contributed by atoms with Crippen LogP contribution in [-0.2, 0) is 0 Å². The fourth-order valence-electron chi connectivity index (χ4n) is 2.40. The van der Waals surface area contributed by atoms with Crippen molar-refractivity contribution >= 4 is 23.3 Å². The zero-order chi connectivity index (χ0) is 17.3. The molecule has 0 atom stereocenters. The normalized spacial score (nSPS) is 10.7. The standard InChI is InChI=1S/C16H15ClN4O3/c1-8-15(9(2)24-21-8)16(22)18-14-7-12(19-20-14)11-6-10(17)4-5-13(11)23-3/h4-7H,1-3H3,(H2,18,19,20,22). The molecule has 0 aliphatic carbocycles. The third-order valence-corrected chi connectivity index (χ3v) is 3.77. The van der Waals surface area contributed by atoms with Gasteiger partial charge in [-0.2, -0.15) is 5.10 Å². The van der Waals surface area contributed by atoms with Crippen molar-refractivity contribution < 1.29 is 14.1 Å². The van der Waals surface area contributed by atoms with Crippen LogP contribution >= 0.6 is 11.6 Å². The minimum absolute atomic E-state index is 0.331. The molecule has 2 aromatic heterocycles. The molecule has 0 aliphatic rings. The highest BCUT2D eigenvalue weighted by atomic mass is 35.5. The Morgan fingerprint density at radius 2 is 2.12 bits per heavy atom. The third-order valence-electron chi connectivity index (χ3n) is 3.53. The van der Waals surface area contributed by atoms with E-state index in [2.05, 4.69) is 20.7 Å². The number of hydrogen-bond donors (Lipinski definition) is 2. The van der Waals surface area contributed by atoms with E-state index in [1.807, 2.05) is 0 Å². The van der Waals surface area contributed by atoms with E-state index in [9.17, 15) is 4.79 Å². The van der Waals surface area contributed by atoms with E-state index in [0.717, 1.165) is 5.56 Å². The van der Waals surface area contributed by atoms with Crippen LogP contribution in [0.15, 0.2) is 28.8 Å². The van der Waals surface area contributed by atoms with Crippen molar-refractivity contribution in [2.24, 2.45) is 0 Å².